The highest BCUT2D eigenvalue weighted by Crippen LogP contribution is 2.24. The molecular weight excluding hydrogens is 217 g/mol. The quantitative estimate of drug-likeness (QED) is 0.869. The molecule has 3 nitrogen and oxygen atoms in total. The summed E-state index contributed by atoms with van der Waals surface area (Å²) in [6.07, 6.45) is 0.324. The van der Waals surface area contributed by atoms with Crippen LogP contribution in [-0.4, -0.2) is 21.9 Å². The van der Waals surface area contributed by atoms with Crippen molar-refractivity contribution >= 4 is 11.6 Å². The maximum absolute atomic E-state index is 13.8. The van der Waals surface area contributed by atoms with Gasteiger partial charge in [0.05, 0.1) is 16.9 Å². The Labute approximate surface area is 94.6 Å². The lowest BCUT2D eigenvalue weighted by Gasteiger charge is -2.22. The zero-order chi connectivity index (χ0) is 11.6. The maximum atomic E-state index is 13.8. The first-order valence-corrected chi connectivity index (χ1v) is 5.25. The van der Waals surface area contributed by atoms with Crippen molar-refractivity contribution in [2.75, 3.05) is 6.54 Å². The van der Waals surface area contributed by atoms with E-state index in [4.69, 9.17) is 11.6 Å². The largest absolute Gasteiger partial charge is 0.309 e. The summed E-state index contributed by atoms with van der Waals surface area (Å²) in [5.41, 5.74) is 0.323. The predicted molar refractivity (Wildman–Crippen MR) is 59.8 cm³/mol. The zero-order valence-corrected chi connectivity index (χ0v) is 10.3. The molecule has 1 aromatic heterocycles. The second-order valence-corrected chi connectivity index (χ2v) is 5.01. The Hall–Kier alpha value is -0.610. The van der Waals surface area contributed by atoms with Gasteiger partial charge in [0.25, 0.3) is 0 Å². The molecule has 0 amide bonds. The van der Waals surface area contributed by atoms with E-state index >= 15 is 0 Å². The summed E-state index contributed by atoms with van der Waals surface area (Å²) in [5.74, 6) is 0. The molecule has 0 spiro atoms. The molecule has 0 aliphatic rings. The van der Waals surface area contributed by atoms with Crippen molar-refractivity contribution in [3.8, 4) is 0 Å². The molecule has 1 aromatic rings. The summed E-state index contributed by atoms with van der Waals surface area (Å²) in [6.45, 7) is 6.21. The Balaban J connectivity index is 2.65. The first-order chi connectivity index (χ1) is 6.81. The van der Waals surface area contributed by atoms with E-state index in [9.17, 15) is 4.39 Å². The van der Waals surface area contributed by atoms with Crippen LogP contribution < -0.4 is 5.32 Å². The summed E-state index contributed by atoms with van der Waals surface area (Å²) in [6, 6.07) is 0. The van der Waals surface area contributed by atoms with Gasteiger partial charge in [0, 0.05) is 19.1 Å². The third-order valence-electron chi connectivity index (χ3n) is 2.05. The van der Waals surface area contributed by atoms with Gasteiger partial charge >= 0.3 is 0 Å². The van der Waals surface area contributed by atoms with Crippen LogP contribution in [-0.2, 0) is 7.05 Å². The summed E-state index contributed by atoms with van der Waals surface area (Å²) < 4.78 is 15.3. The van der Waals surface area contributed by atoms with Gasteiger partial charge in [-0.25, -0.2) is 4.39 Å². The average Bonchev–Trinajstić information content (AvgIpc) is 2.41. The second-order valence-electron chi connectivity index (χ2n) is 4.60. The van der Waals surface area contributed by atoms with E-state index in [1.54, 1.807) is 7.05 Å². The van der Waals surface area contributed by atoms with Crippen molar-refractivity contribution in [2.45, 2.75) is 32.5 Å². The number of hydrogen-bond acceptors (Lipinski definition) is 2. The molecular formula is C10H17ClFN3. The molecule has 0 aliphatic carbocycles. The summed E-state index contributed by atoms with van der Waals surface area (Å²) in [7, 11) is 1.69. The van der Waals surface area contributed by atoms with Gasteiger partial charge in [0.15, 0.2) is 6.17 Å². The smallest absolute Gasteiger partial charge is 0.155 e. The molecule has 0 bridgehead atoms. The van der Waals surface area contributed by atoms with Crippen LogP contribution in [0.25, 0.3) is 0 Å². The van der Waals surface area contributed by atoms with Gasteiger partial charge in [-0.05, 0) is 20.8 Å². The number of nitrogens with zero attached hydrogens (tertiary/aromatic N) is 2. The molecule has 15 heavy (non-hydrogen) atoms. The number of hydrogen-bond donors (Lipinski definition) is 1. The molecule has 5 heteroatoms. The Morgan fingerprint density at radius 2 is 2.20 bits per heavy atom. The first-order valence-electron chi connectivity index (χ1n) is 4.88. The van der Waals surface area contributed by atoms with E-state index in [1.165, 1.54) is 10.9 Å². The fourth-order valence-electron chi connectivity index (χ4n) is 1.27. The van der Waals surface area contributed by atoms with Crippen LogP contribution in [0.5, 0.6) is 0 Å². The highest BCUT2D eigenvalue weighted by molar-refractivity contribution is 6.31. The van der Waals surface area contributed by atoms with Crippen LogP contribution in [0, 0.1) is 0 Å². The lowest BCUT2D eigenvalue weighted by atomic mass is 10.1. The molecule has 0 saturated heterocycles. The van der Waals surface area contributed by atoms with Gasteiger partial charge in [-0.2, -0.15) is 5.10 Å². The molecule has 1 unspecified atom stereocenters. The van der Waals surface area contributed by atoms with Crippen LogP contribution in [0.2, 0.25) is 5.02 Å². The van der Waals surface area contributed by atoms with Gasteiger partial charge < -0.3 is 5.32 Å². The van der Waals surface area contributed by atoms with Gasteiger partial charge in [-0.15, -0.1) is 0 Å². The summed E-state index contributed by atoms with van der Waals surface area (Å²) in [4.78, 5) is 0. The van der Waals surface area contributed by atoms with Gasteiger partial charge in [-0.1, -0.05) is 11.6 Å². The maximum Gasteiger partial charge on any atom is 0.155 e. The van der Waals surface area contributed by atoms with E-state index in [-0.39, 0.29) is 12.1 Å². The van der Waals surface area contributed by atoms with Crippen LogP contribution in [0.15, 0.2) is 6.20 Å². The standard InChI is InChI=1S/C10H17ClFN3/c1-10(2,3)13-6-8(12)9-7(11)5-14-15(9)4/h5,8,13H,6H2,1-4H3. The predicted octanol–water partition coefficient (Wildman–Crippen LogP) is 2.47. The zero-order valence-electron chi connectivity index (χ0n) is 9.51. The number of halogens is 2. The minimum atomic E-state index is -1.13. The van der Waals surface area contributed by atoms with Crippen molar-refractivity contribution in [1.29, 1.82) is 0 Å². The minimum Gasteiger partial charge on any atom is -0.309 e. The first kappa shape index (κ1) is 12.5. The molecule has 1 heterocycles. The van der Waals surface area contributed by atoms with Crippen molar-refractivity contribution in [1.82, 2.24) is 15.1 Å². The molecule has 1 atom stereocenters. The van der Waals surface area contributed by atoms with E-state index < -0.39 is 6.17 Å². The number of aryl methyl sites for hydroxylation is 1. The molecule has 1 N–H and O–H groups in total. The number of nitrogens with one attached hydrogen (secondary N) is 1. The molecule has 0 radical (unpaired) electrons. The van der Waals surface area contributed by atoms with Crippen molar-refractivity contribution in [3.05, 3.63) is 16.9 Å². The van der Waals surface area contributed by atoms with E-state index in [0.29, 0.717) is 10.7 Å². The van der Waals surface area contributed by atoms with E-state index in [2.05, 4.69) is 10.4 Å². The Bertz CT molecular complexity index is 310. The third-order valence-corrected chi connectivity index (χ3v) is 2.34. The molecule has 0 saturated carbocycles. The SMILES string of the molecule is Cn1ncc(Cl)c1C(F)CNC(C)(C)C. The van der Waals surface area contributed by atoms with Crippen molar-refractivity contribution in [2.24, 2.45) is 7.05 Å². The lowest BCUT2D eigenvalue weighted by molar-refractivity contribution is 0.279. The fourth-order valence-corrected chi connectivity index (χ4v) is 1.55. The van der Waals surface area contributed by atoms with Gasteiger partial charge in [0.1, 0.15) is 0 Å². The van der Waals surface area contributed by atoms with Crippen LogP contribution in [0.4, 0.5) is 4.39 Å². The van der Waals surface area contributed by atoms with Crippen LogP contribution in [0.3, 0.4) is 0 Å². The Morgan fingerprint density at radius 1 is 1.60 bits per heavy atom. The van der Waals surface area contributed by atoms with Gasteiger partial charge in [0.2, 0.25) is 0 Å². The Kier molecular flexibility index (Phi) is 3.73. The molecule has 0 aliphatic heterocycles. The normalized spacial score (nSPS) is 14.3. The number of rotatable bonds is 3. The molecule has 86 valence electrons. The number of aromatic nitrogens is 2. The van der Waals surface area contributed by atoms with Crippen molar-refractivity contribution < 1.29 is 4.39 Å². The second kappa shape index (κ2) is 4.49. The van der Waals surface area contributed by atoms with Gasteiger partial charge in [-0.3, -0.25) is 4.68 Å². The van der Waals surface area contributed by atoms with Crippen LogP contribution >= 0.6 is 11.6 Å². The fraction of sp³-hybridized carbons (Fsp3) is 0.700. The average molecular weight is 234 g/mol. The third kappa shape index (κ3) is 3.47. The summed E-state index contributed by atoms with van der Waals surface area (Å²) in [5, 5.41) is 7.36. The van der Waals surface area contributed by atoms with E-state index in [0.717, 1.165) is 0 Å². The highest BCUT2D eigenvalue weighted by Gasteiger charge is 2.20. The number of alkyl halides is 1. The summed E-state index contributed by atoms with van der Waals surface area (Å²) >= 11 is 5.84. The molecule has 1 rings (SSSR count). The van der Waals surface area contributed by atoms with Crippen molar-refractivity contribution in [3.63, 3.8) is 0 Å². The minimum absolute atomic E-state index is 0.102. The topological polar surface area (TPSA) is 29.9 Å². The molecule has 0 aromatic carbocycles. The van der Waals surface area contributed by atoms with Crippen LogP contribution in [0.1, 0.15) is 32.6 Å². The van der Waals surface area contributed by atoms with E-state index in [1.807, 2.05) is 20.8 Å². The highest BCUT2D eigenvalue weighted by atomic mass is 35.5. The molecule has 0 fully saturated rings. The lowest BCUT2D eigenvalue weighted by Crippen LogP contribution is -2.38. The Morgan fingerprint density at radius 3 is 2.60 bits per heavy atom. The monoisotopic (exact) mass is 233 g/mol.